The van der Waals surface area contributed by atoms with Gasteiger partial charge in [-0.25, -0.2) is 4.98 Å². The quantitative estimate of drug-likeness (QED) is 0.507. The van der Waals surface area contributed by atoms with E-state index in [4.69, 9.17) is 9.15 Å². The van der Waals surface area contributed by atoms with Crippen LogP contribution in [0.5, 0.6) is 0 Å². The van der Waals surface area contributed by atoms with E-state index in [1.165, 1.54) is 0 Å². The Bertz CT molecular complexity index is 1060. The van der Waals surface area contributed by atoms with E-state index in [1.54, 1.807) is 34.5 Å². The Morgan fingerprint density at radius 1 is 1.41 bits per heavy atom. The highest BCUT2D eigenvalue weighted by Gasteiger charge is 2.18. The smallest absolute Gasteiger partial charge is 0.295 e. The van der Waals surface area contributed by atoms with Crippen molar-refractivity contribution in [2.45, 2.75) is 20.4 Å². The number of carbonyl (C=O) groups is 1. The number of nitrogens with one attached hydrogen (secondary N) is 1. The highest BCUT2D eigenvalue weighted by Crippen LogP contribution is 2.26. The second-order valence-electron chi connectivity index (χ2n) is 6.15. The molecule has 8 heteroatoms. The number of aromatic nitrogens is 3. The molecule has 1 N–H and O–H groups in total. The number of ether oxygens (including phenoxy) is 1. The molecule has 1 amide bonds. The van der Waals surface area contributed by atoms with E-state index in [1.807, 2.05) is 19.9 Å². The molecule has 0 aliphatic carbocycles. The van der Waals surface area contributed by atoms with Crippen molar-refractivity contribution in [1.29, 1.82) is 0 Å². The molecule has 3 aromatic rings. The molecule has 0 saturated heterocycles. The maximum atomic E-state index is 13.0. The zero-order valence-corrected chi connectivity index (χ0v) is 15.6. The van der Waals surface area contributed by atoms with Crippen molar-refractivity contribution in [3.05, 3.63) is 58.7 Å². The van der Waals surface area contributed by atoms with Crippen molar-refractivity contribution in [3.8, 4) is 11.3 Å². The van der Waals surface area contributed by atoms with E-state index in [0.29, 0.717) is 31.2 Å². The summed E-state index contributed by atoms with van der Waals surface area (Å²) >= 11 is 0. The predicted octanol–water partition coefficient (Wildman–Crippen LogP) is 1.94. The third kappa shape index (κ3) is 3.56. The molecule has 8 nitrogen and oxygen atoms in total. The monoisotopic (exact) mass is 370 g/mol. The molecule has 0 aliphatic rings. The standard InChI is InChI=1S/C19H22N4O4/c1-5-7-23-16(14-9-12(2)27-13(14)3)11-22-10-15(21-17(22)19(23)25)18(24)20-6-8-26-4/h5,9-11H,1,6-8H2,2-4H3,(H,20,24). The van der Waals surface area contributed by atoms with Crippen molar-refractivity contribution < 1.29 is 13.9 Å². The largest absolute Gasteiger partial charge is 0.466 e. The lowest BCUT2D eigenvalue weighted by molar-refractivity contribution is 0.0932. The average molecular weight is 370 g/mol. The first-order chi connectivity index (χ1) is 13.0. The van der Waals surface area contributed by atoms with Crippen LogP contribution in [0.25, 0.3) is 16.9 Å². The molecule has 0 radical (unpaired) electrons. The van der Waals surface area contributed by atoms with Gasteiger partial charge in [-0.1, -0.05) is 6.08 Å². The topological polar surface area (TPSA) is 90.8 Å². The van der Waals surface area contributed by atoms with Gasteiger partial charge in [-0.05, 0) is 19.9 Å². The lowest BCUT2D eigenvalue weighted by Crippen LogP contribution is -2.27. The van der Waals surface area contributed by atoms with E-state index < -0.39 is 0 Å². The molecule has 3 heterocycles. The second kappa shape index (κ2) is 7.63. The van der Waals surface area contributed by atoms with E-state index in [2.05, 4.69) is 16.9 Å². The number of furan rings is 1. The van der Waals surface area contributed by atoms with Crippen molar-refractivity contribution in [2.24, 2.45) is 0 Å². The Morgan fingerprint density at radius 2 is 2.19 bits per heavy atom. The highest BCUT2D eigenvalue weighted by atomic mass is 16.5. The summed E-state index contributed by atoms with van der Waals surface area (Å²) in [6.45, 7) is 8.50. The second-order valence-corrected chi connectivity index (χ2v) is 6.15. The Hall–Kier alpha value is -3.13. The molecular formula is C19H22N4O4. The van der Waals surface area contributed by atoms with Crippen LogP contribution in [0.1, 0.15) is 22.0 Å². The molecular weight excluding hydrogens is 348 g/mol. The molecule has 0 spiro atoms. The summed E-state index contributed by atoms with van der Waals surface area (Å²) in [6, 6.07) is 1.88. The maximum Gasteiger partial charge on any atom is 0.295 e. The number of hydrogen-bond donors (Lipinski definition) is 1. The van der Waals surface area contributed by atoms with Crippen LogP contribution < -0.4 is 10.9 Å². The fraction of sp³-hybridized carbons (Fsp3) is 0.316. The van der Waals surface area contributed by atoms with Gasteiger partial charge < -0.3 is 14.5 Å². The number of nitrogens with zero attached hydrogens (tertiary/aromatic N) is 3. The summed E-state index contributed by atoms with van der Waals surface area (Å²) in [7, 11) is 1.56. The van der Waals surface area contributed by atoms with E-state index in [9.17, 15) is 9.59 Å². The first-order valence-electron chi connectivity index (χ1n) is 8.54. The van der Waals surface area contributed by atoms with Crippen LogP contribution >= 0.6 is 0 Å². The molecule has 3 rings (SSSR count). The normalized spacial score (nSPS) is 11.1. The van der Waals surface area contributed by atoms with Crippen LogP contribution in [0, 0.1) is 13.8 Å². The van der Waals surface area contributed by atoms with Crippen LogP contribution in [0.4, 0.5) is 0 Å². The third-order valence-corrected chi connectivity index (χ3v) is 4.17. The number of fused-ring (bicyclic) bond motifs is 1. The number of hydrogen-bond acceptors (Lipinski definition) is 5. The number of imidazole rings is 1. The molecule has 0 saturated carbocycles. The molecule has 0 unspecified atom stereocenters. The summed E-state index contributed by atoms with van der Waals surface area (Å²) in [6.07, 6.45) is 4.96. The van der Waals surface area contributed by atoms with Gasteiger partial charge in [-0.3, -0.25) is 18.6 Å². The van der Waals surface area contributed by atoms with Crippen LogP contribution in [0.2, 0.25) is 0 Å². The molecule has 0 atom stereocenters. The van der Waals surface area contributed by atoms with Crippen LogP contribution in [-0.4, -0.2) is 40.1 Å². The number of allylic oxidation sites excluding steroid dienone is 1. The Balaban J connectivity index is 2.12. The van der Waals surface area contributed by atoms with Crippen LogP contribution in [0.15, 0.2) is 40.3 Å². The minimum atomic E-state index is -0.359. The van der Waals surface area contributed by atoms with Gasteiger partial charge >= 0.3 is 0 Å². The molecule has 27 heavy (non-hydrogen) atoms. The van der Waals surface area contributed by atoms with Gasteiger partial charge in [0.25, 0.3) is 11.5 Å². The Morgan fingerprint density at radius 3 is 2.81 bits per heavy atom. The van der Waals surface area contributed by atoms with Gasteiger partial charge in [0.15, 0.2) is 0 Å². The third-order valence-electron chi connectivity index (χ3n) is 4.17. The molecule has 0 bridgehead atoms. The number of aryl methyl sites for hydroxylation is 2. The predicted molar refractivity (Wildman–Crippen MR) is 101 cm³/mol. The minimum Gasteiger partial charge on any atom is -0.466 e. The number of amides is 1. The summed E-state index contributed by atoms with van der Waals surface area (Å²) in [5.41, 5.74) is 1.53. The van der Waals surface area contributed by atoms with E-state index in [0.717, 1.165) is 11.3 Å². The average Bonchev–Trinajstić information content (AvgIpc) is 3.20. The van der Waals surface area contributed by atoms with Gasteiger partial charge in [0.1, 0.15) is 17.2 Å². The Labute approximate surface area is 156 Å². The number of rotatable bonds is 7. The summed E-state index contributed by atoms with van der Waals surface area (Å²) in [5, 5.41) is 2.70. The first kappa shape index (κ1) is 18.7. The Kier molecular flexibility index (Phi) is 5.27. The molecule has 3 aromatic heterocycles. The van der Waals surface area contributed by atoms with Gasteiger partial charge in [-0.15, -0.1) is 6.58 Å². The van der Waals surface area contributed by atoms with Crippen LogP contribution in [-0.2, 0) is 11.3 Å². The van der Waals surface area contributed by atoms with Crippen molar-refractivity contribution in [3.63, 3.8) is 0 Å². The molecule has 142 valence electrons. The SMILES string of the molecule is C=CCn1c(-c2cc(C)oc2C)cn2cc(C(=O)NCCOC)nc2c1=O. The summed E-state index contributed by atoms with van der Waals surface area (Å²) in [4.78, 5) is 29.4. The molecule has 0 fully saturated rings. The lowest BCUT2D eigenvalue weighted by atomic mass is 10.2. The van der Waals surface area contributed by atoms with Crippen molar-refractivity contribution in [1.82, 2.24) is 19.3 Å². The van der Waals surface area contributed by atoms with Crippen molar-refractivity contribution in [2.75, 3.05) is 20.3 Å². The fourth-order valence-corrected chi connectivity index (χ4v) is 2.96. The van der Waals surface area contributed by atoms with Gasteiger partial charge in [0.05, 0.1) is 12.3 Å². The first-order valence-corrected chi connectivity index (χ1v) is 8.54. The zero-order chi connectivity index (χ0) is 19.6. The van der Waals surface area contributed by atoms with Gasteiger partial charge in [-0.2, -0.15) is 0 Å². The zero-order valence-electron chi connectivity index (χ0n) is 15.6. The maximum absolute atomic E-state index is 13.0. The minimum absolute atomic E-state index is 0.172. The molecule has 0 aliphatic heterocycles. The fourth-order valence-electron chi connectivity index (χ4n) is 2.96. The van der Waals surface area contributed by atoms with E-state index >= 15 is 0 Å². The number of carbonyl (C=O) groups excluding carboxylic acids is 1. The number of methoxy groups -OCH3 is 1. The van der Waals surface area contributed by atoms with Crippen molar-refractivity contribution >= 4 is 11.6 Å². The van der Waals surface area contributed by atoms with Gasteiger partial charge in [0, 0.05) is 38.2 Å². The summed E-state index contributed by atoms with van der Waals surface area (Å²) in [5.74, 6) is 1.10. The van der Waals surface area contributed by atoms with E-state index in [-0.39, 0.29) is 22.8 Å². The molecule has 0 aromatic carbocycles. The van der Waals surface area contributed by atoms with Gasteiger partial charge in [0.2, 0.25) is 5.65 Å². The summed E-state index contributed by atoms with van der Waals surface area (Å²) < 4.78 is 13.7. The highest BCUT2D eigenvalue weighted by molar-refractivity contribution is 5.92. The lowest BCUT2D eigenvalue weighted by Gasteiger charge is -2.11. The van der Waals surface area contributed by atoms with Crippen LogP contribution in [0.3, 0.4) is 0 Å².